The summed E-state index contributed by atoms with van der Waals surface area (Å²) in [5.41, 5.74) is 7.26. The summed E-state index contributed by atoms with van der Waals surface area (Å²) >= 11 is 0. The summed E-state index contributed by atoms with van der Waals surface area (Å²) in [5, 5.41) is 0. The Morgan fingerprint density at radius 2 is 2.15 bits per heavy atom. The van der Waals surface area contributed by atoms with Crippen molar-refractivity contribution in [2.45, 2.75) is 50.5 Å². The van der Waals surface area contributed by atoms with Crippen LogP contribution in [0, 0.1) is 5.92 Å². The fraction of sp³-hybridized carbons (Fsp3) is 0.733. The van der Waals surface area contributed by atoms with Crippen molar-refractivity contribution in [1.82, 2.24) is 14.9 Å². The Morgan fingerprint density at radius 1 is 1.35 bits per heavy atom. The van der Waals surface area contributed by atoms with Crippen LogP contribution in [0.25, 0.3) is 0 Å². The van der Waals surface area contributed by atoms with Crippen LogP contribution in [0.1, 0.15) is 50.1 Å². The van der Waals surface area contributed by atoms with E-state index >= 15 is 0 Å². The fourth-order valence-corrected chi connectivity index (χ4v) is 3.60. The Balaban J connectivity index is 1.49. The zero-order valence-corrected chi connectivity index (χ0v) is 11.9. The SMILES string of the molecule is N[C@@H]1CCC[C@H]1CC(=O)N1CCC(c2cnc[nH]2)CC1. The molecule has 1 aliphatic heterocycles. The monoisotopic (exact) mass is 276 g/mol. The van der Waals surface area contributed by atoms with E-state index in [2.05, 4.69) is 9.97 Å². The molecular weight excluding hydrogens is 252 g/mol. The van der Waals surface area contributed by atoms with Gasteiger partial charge >= 0.3 is 0 Å². The first kappa shape index (κ1) is 13.6. The van der Waals surface area contributed by atoms with Gasteiger partial charge in [-0.15, -0.1) is 0 Å². The second kappa shape index (κ2) is 5.95. The standard InChI is InChI=1S/C15H24N4O/c16-13-3-1-2-12(13)8-15(20)19-6-4-11(5-7-19)14-9-17-10-18-14/h9-13H,1-8,16H2,(H,17,18)/t12-,13+/m0/s1. The van der Waals surface area contributed by atoms with Crippen LogP contribution >= 0.6 is 0 Å². The highest BCUT2D eigenvalue weighted by molar-refractivity contribution is 5.76. The molecule has 3 rings (SSSR count). The smallest absolute Gasteiger partial charge is 0.222 e. The number of carbonyl (C=O) groups excluding carboxylic acids is 1. The summed E-state index contributed by atoms with van der Waals surface area (Å²) in [6.07, 6.45) is 9.73. The van der Waals surface area contributed by atoms with E-state index in [1.807, 2.05) is 11.1 Å². The van der Waals surface area contributed by atoms with Gasteiger partial charge in [-0.1, -0.05) is 6.42 Å². The molecule has 5 heteroatoms. The van der Waals surface area contributed by atoms with Crippen LogP contribution in [0.2, 0.25) is 0 Å². The zero-order chi connectivity index (χ0) is 13.9. The number of nitrogens with zero attached hydrogens (tertiary/aromatic N) is 2. The number of hydrogen-bond donors (Lipinski definition) is 2. The van der Waals surface area contributed by atoms with Crippen molar-refractivity contribution in [1.29, 1.82) is 0 Å². The number of aromatic amines is 1. The van der Waals surface area contributed by atoms with Gasteiger partial charge in [0.25, 0.3) is 0 Å². The fourth-order valence-electron chi connectivity index (χ4n) is 3.60. The molecule has 1 aromatic heterocycles. The van der Waals surface area contributed by atoms with Gasteiger partial charge in [0.1, 0.15) is 0 Å². The number of amides is 1. The average molecular weight is 276 g/mol. The summed E-state index contributed by atoms with van der Waals surface area (Å²) in [5.74, 6) is 1.23. The summed E-state index contributed by atoms with van der Waals surface area (Å²) < 4.78 is 0. The van der Waals surface area contributed by atoms with E-state index in [0.717, 1.165) is 38.8 Å². The predicted octanol–water partition coefficient (Wildman–Crippen LogP) is 1.63. The predicted molar refractivity (Wildman–Crippen MR) is 77.1 cm³/mol. The normalized spacial score (nSPS) is 27.9. The summed E-state index contributed by atoms with van der Waals surface area (Å²) in [4.78, 5) is 21.6. The van der Waals surface area contributed by atoms with E-state index in [0.29, 0.717) is 24.2 Å². The van der Waals surface area contributed by atoms with Gasteiger partial charge in [0, 0.05) is 43.4 Å². The van der Waals surface area contributed by atoms with Crippen LogP contribution in [0.4, 0.5) is 0 Å². The lowest BCUT2D eigenvalue weighted by Crippen LogP contribution is -2.40. The number of imidazole rings is 1. The highest BCUT2D eigenvalue weighted by atomic mass is 16.2. The van der Waals surface area contributed by atoms with Gasteiger partial charge < -0.3 is 15.6 Å². The van der Waals surface area contributed by atoms with Gasteiger partial charge in [-0.3, -0.25) is 4.79 Å². The van der Waals surface area contributed by atoms with Crippen molar-refractivity contribution in [2.24, 2.45) is 11.7 Å². The summed E-state index contributed by atoms with van der Waals surface area (Å²) in [6.45, 7) is 1.73. The molecule has 1 saturated carbocycles. The van der Waals surface area contributed by atoms with Crippen molar-refractivity contribution < 1.29 is 4.79 Å². The number of likely N-dealkylation sites (tertiary alicyclic amines) is 1. The van der Waals surface area contributed by atoms with Crippen LogP contribution in [-0.4, -0.2) is 39.9 Å². The third-order valence-electron chi connectivity index (χ3n) is 4.96. The zero-order valence-electron chi connectivity index (χ0n) is 11.9. The molecule has 20 heavy (non-hydrogen) atoms. The molecule has 2 heterocycles. The minimum absolute atomic E-state index is 0.237. The number of aromatic nitrogens is 2. The van der Waals surface area contributed by atoms with E-state index in [1.54, 1.807) is 6.33 Å². The third-order valence-corrected chi connectivity index (χ3v) is 4.96. The Hall–Kier alpha value is -1.36. The maximum atomic E-state index is 12.3. The molecule has 3 N–H and O–H groups in total. The second-order valence-electron chi connectivity index (χ2n) is 6.22. The molecular formula is C15H24N4O. The largest absolute Gasteiger partial charge is 0.348 e. The van der Waals surface area contributed by atoms with Crippen molar-refractivity contribution >= 4 is 5.91 Å². The molecule has 2 aliphatic rings. The van der Waals surface area contributed by atoms with Crippen LogP contribution in [-0.2, 0) is 4.79 Å². The van der Waals surface area contributed by atoms with Crippen molar-refractivity contribution in [3.8, 4) is 0 Å². The maximum absolute atomic E-state index is 12.3. The number of rotatable bonds is 3. The molecule has 1 aliphatic carbocycles. The van der Waals surface area contributed by atoms with Crippen LogP contribution < -0.4 is 5.73 Å². The lowest BCUT2D eigenvalue weighted by Gasteiger charge is -2.32. The number of nitrogens with one attached hydrogen (secondary N) is 1. The molecule has 0 radical (unpaired) electrons. The number of nitrogens with two attached hydrogens (primary N) is 1. The molecule has 0 aromatic carbocycles. The Kier molecular flexibility index (Phi) is 4.05. The highest BCUT2D eigenvalue weighted by Crippen LogP contribution is 2.30. The first-order valence-corrected chi connectivity index (χ1v) is 7.75. The second-order valence-corrected chi connectivity index (χ2v) is 6.22. The highest BCUT2D eigenvalue weighted by Gasteiger charge is 2.30. The quantitative estimate of drug-likeness (QED) is 0.881. The minimum atomic E-state index is 0.237. The van der Waals surface area contributed by atoms with Gasteiger partial charge in [0.2, 0.25) is 5.91 Å². The summed E-state index contributed by atoms with van der Waals surface area (Å²) in [6, 6.07) is 0.237. The van der Waals surface area contributed by atoms with E-state index in [1.165, 1.54) is 12.1 Å². The van der Waals surface area contributed by atoms with Crippen LogP contribution in [0.15, 0.2) is 12.5 Å². The molecule has 0 spiro atoms. The van der Waals surface area contributed by atoms with Crippen molar-refractivity contribution in [3.05, 3.63) is 18.2 Å². The number of piperidine rings is 1. The maximum Gasteiger partial charge on any atom is 0.222 e. The first-order chi connectivity index (χ1) is 9.74. The van der Waals surface area contributed by atoms with Crippen molar-refractivity contribution in [2.75, 3.05) is 13.1 Å². The van der Waals surface area contributed by atoms with E-state index in [9.17, 15) is 4.79 Å². The minimum Gasteiger partial charge on any atom is -0.348 e. The van der Waals surface area contributed by atoms with E-state index < -0.39 is 0 Å². The van der Waals surface area contributed by atoms with Gasteiger partial charge in [-0.2, -0.15) is 0 Å². The Labute approximate surface area is 119 Å². The molecule has 1 saturated heterocycles. The van der Waals surface area contributed by atoms with Gasteiger partial charge in [-0.25, -0.2) is 4.98 Å². The van der Waals surface area contributed by atoms with Crippen molar-refractivity contribution in [3.63, 3.8) is 0 Å². The average Bonchev–Trinajstić information content (AvgIpc) is 3.12. The molecule has 0 unspecified atom stereocenters. The number of H-pyrrole nitrogens is 1. The lowest BCUT2D eigenvalue weighted by atomic mass is 9.93. The molecule has 5 nitrogen and oxygen atoms in total. The Morgan fingerprint density at radius 3 is 2.75 bits per heavy atom. The third kappa shape index (κ3) is 2.87. The molecule has 110 valence electrons. The molecule has 1 aromatic rings. The topological polar surface area (TPSA) is 75.0 Å². The van der Waals surface area contributed by atoms with Gasteiger partial charge in [0.15, 0.2) is 0 Å². The van der Waals surface area contributed by atoms with Crippen LogP contribution in [0.5, 0.6) is 0 Å². The lowest BCUT2D eigenvalue weighted by molar-refractivity contribution is -0.133. The van der Waals surface area contributed by atoms with Gasteiger partial charge in [-0.05, 0) is 31.6 Å². The molecule has 1 amide bonds. The Bertz CT molecular complexity index is 437. The number of hydrogen-bond acceptors (Lipinski definition) is 3. The molecule has 2 atom stereocenters. The van der Waals surface area contributed by atoms with Crippen LogP contribution in [0.3, 0.4) is 0 Å². The molecule has 2 fully saturated rings. The van der Waals surface area contributed by atoms with E-state index in [-0.39, 0.29) is 6.04 Å². The van der Waals surface area contributed by atoms with Gasteiger partial charge in [0.05, 0.1) is 6.33 Å². The first-order valence-electron chi connectivity index (χ1n) is 7.75. The summed E-state index contributed by atoms with van der Waals surface area (Å²) in [7, 11) is 0. The molecule has 0 bridgehead atoms. The number of carbonyl (C=O) groups is 1. The van der Waals surface area contributed by atoms with E-state index in [4.69, 9.17) is 5.73 Å².